The highest BCUT2D eigenvalue weighted by Gasteiger charge is 2.19. The molecule has 0 bridgehead atoms. The Morgan fingerprint density at radius 3 is 2.43 bits per heavy atom. The van der Waals surface area contributed by atoms with E-state index in [0.29, 0.717) is 0 Å². The summed E-state index contributed by atoms with van der Waals surface area (Å²) in [5.41, 5.74) is -0.127. The van der Waals surface area contributed by atoms with Gasteiger partial charge >= 0.3 is 6.09 Å². The van der Waals surface area contributed by atoms with E-state index in [2.05, 4.69) is 10.6 Å². The molecule has 0 saturated heterocycles. The Kier molecular flexibility index (Phi) is 7.58. The van der Waals surface area contributed by atoms with E-state index in [4.69, 9.17) is 27.9 Å². The summed E-state index contributed by atoms with van der Waals surface area (Å²) in [5, 5.41) is 15.7. The lowest BCUT2D eigenvalue weighted by molar-refractivity contribution is -0.384. The molecule has 2 rings (SSSR count). The predicted molar refractivity (Wildman–Crippen MR) is 104 cm³/mol. The number of nitrogens with one attached hydrogen (secondary N) is 2. The molecule has 28 heavy (non-hydrogen) atoms. The van der Waals surface area contributed by atoms with Gasteiger partial charge in [0.15, 0.2) is 9.84 Å². The molecule has 0 aromatic heterocycles. The number of benzene rings is 2. The summed E-state index contributed by atoms with van der Waals surface area (Å²) >= 11 is 11.7. The van der Waals surface area contributed by atoms with Crippen LogP contribution in [0.4, 0.5) is 10.5 Å². The van der Waals surface area contributed by atoms with Crippen molar-refractivity contribution in [2.75, 3.05) is 19.0 Å². The molecule has 12 heteroatoms. The second-order valence-electron chi connectivity index (χ2n) is 5.38. The number of hydrogen-bond donors (Lipinski definition) is 2. The van der Waals surface area contributed by atoms with E-state index in [9.17, 15) is 23.3 Å². The molecule has 0 spiro atoms. The minimum absolute atomic E-state index is 0.0456. The van der Waals surface area contributed by atoms with Gasteiger partial charge in [0.25, 0.3) is 5.69 Å². The van der Waals surface area contributed by atoms with E-state index in [-0.39, 0.29) is 39.5 Å². The molecule has 0 unspecified atom stereocenters. The highest BCUT2D eigenvalue weighted by molar-refractivity contribution is 7.91. The van der Waals surface area contributed by atoms with Crippen LogP contribution in [0.1, 0.15) is 0 Å². The van der Waals surface area contributed by atoms with Crippen LogP contribution in [0.5, 0.6) is 5.75 Å². The fourth-order valence-corrected chi connectivity index (χ4v) is 3.99. The number of nitro groups is 1. The van der Waals surface area contributed by atoms with Crippen molar-refractivity contribution < 1.29 is 22.9 Å². The summed E-state index contributed by atoms with van der Waals surface area (Å²) in [6, 6.07) is 9.30. The van der Waals surface area contributed by atoms with Gasteiger partial charge in [-0.25, -0.2) is 13.2 Å². The van der Waals surface area contributed by atoms with Crippen LogP contribution >= 0.6 is 23.2 Å². The molecule has 0 aliphatic carbocycles. The molecule has 2 N–H and O–H groups in total. The van der Waals surface area contributed by atoms with E-state index in [1.165, 1.54) is 42.5 Å². The zero-order valence-corrected chi connectivity index (χ0v) is 16.6. The van der Waals surface area contributed by atoms with Crippen LogP contribution in [-0.2, 0) is 9.84 Å². The third-order valence-electron chi connectivity index (χ3n) is 3.37. The smallest absolute Gasteiger partial charge is 0.410 e. The second kappa shape index (κ2) is 9.69. The lowest BCUT2D eigenvalue weighted by atomic mass is 10.3. The monoisotopic (exact) mass is 447 g/mol. The van der Waals surface area contributed by atoms with Crippen molar-refractivity contribution in [3.05, 3.63) is 62.6 Å². The number of hydrogen-bond acceptors (Lipinski definition) is 7. The van der Waals surface area contributed by atoms with Gasteiger partial charge in [0.2, 0.25) is 0 Å². The molecule has 9 nitrogen and oxygen atoms in total. The molecule has 0 heterocycles. The van der Waals surface area contributed by atoms with Gasteiger partial charge in [0.1, 0.15) is 11.6 Å². The molecule has 0 saturated carbocycles. The van der Waals surface area contributed by atoms with Crippen LogP contribution in [0.15, 0.2) is 47.4 Å². The van der Waals surface area contributed by atoms with Crippen molar-refractivity contribution in [3.8, 4) is 5.75 Å². The van der Waals surface area contributed by atoms with Gasteiger partial charge in [0.05, 0.1) is 19.9 Å². The van der Waals surface area contributed by atoms with Crippen LogP contribution in [-0.4, -0.2) is 38.4 Å². The number of amides is 1. The fraction of sp³-hybridized carbons (Fsp3) is 0.188. The molecular weight excluding hydrogens is 433 g/mol. The molecular formula is C16H15Cl2N3O6S. The first-order chi connectivity index (χ1) is 13.2. The first kappa shape index (κ1) is 21.9. The number of nitrogens with zero attached hydrogens (tertiary/aromatic N) is 1. The van der Waals surface area contributed by atoms with Crippen molar-refractivity contribution in [2.24, 2.45) is 0 Å². The quantitative estimate of drug-likeness (QED) is 0.361. The molecule has 0 radical (unpaired) electrons. The number of carbonyl (C=O) groups excluding carboxylic acids is 1. The second-order valence-corrected chi connectivity index (χ2v) is 8.12. The van der Waals surface area contributed by atoms with Gasteiger partial charge in [-0.3, -0.25) is 10.1 Å². The first-order valence-electron chi connectivity index (χ1n) is 7.78. The van der Waals surface area contributed by atoms with E-state index in [1.54, 1.807) is 0 Å². The summed E-state index contributed by atoms with van der Waals surface area (Å²) in [6.45, 7) is 0.234. The summed E-state index contributed by atoms with van der Waals surface area (Å²) in [4.78, 5) is 21.6. The average molecular weight is 448 g/mol. The highest BCUT2D eigenvalue weighted by atomic mass is 35.5. The Balaban J connectivity index is 1.75. The third-order valence-corrected chi connectivity index (χ3v) is 5.90. The Labute approximate surface area is 170 Å². The highest BCUT2D eigenvalue weighted by Crippen LogP contribution is 2.29. The number of sulfone groups is 1. The minimum Gasteiger partial charge on any atom is -0.410 e. The van der Waals surface area contributed by atoms with Gasteiger partial charge in [-0.05, 0) is 24.3 Å². The summed E-state index contributed by atoms with van der Waals surface area (Å²) in [5.74, 6) is -0.263. The van der Waals surface area contributed by atoms with Crippen LogP contribution in [0.3, 0.4) is 0 Å². The maximum atomic E-state index is 12.3. The van der Waals surface area contributed by atoms with Crippen LogP contribution in [0, 0.1) is 10.1 Å². The largest absolute Gasteiger partial charge is 0.412 e. The van der Waals surface area contributed by atoms with E-state index >= 15 is 0 Å². The van der Waals surface area contributed by atoms with Crippen LogP contribution in [0.2, 0.25) is 10.0 Å². The summed E-state index contributed by atoms with van der Waals surface area (Å²) < 4.78 is 29.5. The SMILES string of the molecule is O=C(NCCNCS(=O)(=O)c1cccc(Cl)c1Cl)Oc1ccc([N+](=O)[O-])cc1. The van der Waals surface area contributed by atoms with E-state index < -0.39 is 26.7 Å². The summed E-state index contributed by atoms with van der Waals surface area (Å²) in [7, 11) is -3.70. The lowest BCUT2D eigenvalue weighted by Gasteiger charge is -2.10. The molecule has 0 atom stereocenters. The van der Waals surface area contributed by atoms with Gasteiger partial charge < -0.3 is 15.4 Å². The number of rotatable bonds is 8. The minimum atomic E-state index is -3.70. The summed E-state index contributed by atoms with van der Waals surface area (Å²) in [6.07, 6.45) is -0.781. The molecule has 150 valence electrons. The normalized spacial score (nSPS) is 11.1. The standard InChI is InChI=1S/C16H15Cl2N3O6S/c17-13-2-1-3-14(15(13)18)28(25,26)10-19-8-9-20-16(22)27-12-6-4-11(5-7-12)21(23)24/h1-7,19H,8-10H2,(H,20,22). The zero-order valence-electron chi connectivity index (χ0n) is 14.2. The maximum Gasteiger partial charge on any atom is 0.412 e. The Bertz CT molecular complexity index is 967. The van der Waals surface area contributed by atoms with Gasteiger partial charge in [-0.1, -0.05) is 29.3 Å². The average Bonchev–Trinajstić information content (AvgIpc) is 2.64. The van der Waals surface area contributed by atoms with Crippen molar-refractivity contribution in [2.45, 2.75) is 4.90 Å². The van der Waals surface area contributed by atoms with Crippen molar-refractivity contribution in [1.82, 2.24) is 10.6 Å². The topological polar surface area (TPSA) is 128 Å². The van der Waals surface area contributed by atoms with Crippen LogP contribution < -0.4 is 15.4 Å². The van der Waals surface area contributed by atoms with Crippen molar-refractivity contribution in [1.29, 1.82) is 0 Å². The van der Waals surface area contributed by atoms with Gasteiger partial charge in [0, 0.05) is 25.2 Å². The van der Waals surface area contributed by atoms with Crippen LogP contribution in [0.25, 0.3) is 0 Å². The predicted octanol–water partition coefficient (Wildman–Crippen LogP) is 3.01. The number of nitro benzene ring substituents is 1. The van der Waals surface area contributed by atoms with Gasteiger partial charge in [-0.15, -0.1) is 0 Å². The van der Waals surface area contributed by atoms with Crippen molar-refractivity contribution >= 4 is 44.8 Å². The first-order valence-corrected chi connectivity index (χ1v) is 10.2. The number of carbonyl (C=O) groups is 1. The molecule has 0 fully saturated rings. The fourth-order valence-electron chi connectivity index (χ4n) is 2.04. The number of ether oxygens (including phenoxy) is 1. The van der Waals surface area contributed by atoms with E-state index in [0.717, 1.165) is 0 Å². The third kappa shape index (κ3) is 6.06. The molecule has 2 aromatic carbocycles. The number of halogens is 2. The van der Waals surface area contributed by atoms with E-state index in [1.807, 2.05) is 0 Å². The molecule has 0 aliphatic rings. The molecule has 0 aliphatic heterocycles. The number of non-ortho nitro benzene ring substituents is 1. The Hall–Kier alpha value is -2.40. The maximum absolute atomic E-state index is 12.3. The van der Waals surface area contributed by atoms with Crippen molar-refractivity contribution in [3.63, 3.8) is 0 Å². The van der Waals surface area contributed by atoms with Gasteiger partial charge in [-0.2, -0.15) is 0 Å². The zero-order chi connectivity index (χ0) is 20.7. The molecule has 1 amide bonds. The Morgan fingerprint density at radius 2 is 1.79 bits per heavy atom. The lowest BCUT2D eigenvalue weighted by Crippen LogP contribution is -2.35. The molecule has 2 aromatic rings. The Morgan fingerprint density at radius 1 is 1.11 bits per heavy atom.